The highest BCUT2D eigenvalue weighted by molar-refractivity contribution is 6.33. The van der Waals surface area contributed by atoms with Gasteiger partial charge < -0.3 is 10.0 Å². The first-order chi connectivity index (χ1) is 13.3. The molecule has 3 rings (SSSR count). The van der Waals surface area contributed by atoms with Crippen molar-refractivity contribution in [2.75, 3.05) is 37.6 Å². The zero-order chi connectivity index (χ0) is 20.3. The molecule has 0 unspecified atom stereocenters. The van der Waals surface area contributed by atoms with Gasteiger partial charge in [-0.1, -0.05) is 29.8 Å². The summed E-state index contributed by atoms with van der Waals surface area (Å²) in [5.41, 5.74) is -0.637. The van der Waals surface area contributed by atoms with E-state index in [1.165, 1.54) is 6.07 Å². The Labute approximate surface area is 165 Å². The molecule has 1 fully saturated rings. The standard InChI is InChI=1S/C19H20ClF4N3O/c20-15-10-13(19(22,23)24)11-25-18(15)27-7-3-6-26(8-9-27)12-17(28)14-4-1-2-5-16(14)21/h1-2,4-5,10-11,17,28H,3,6-9,12H2/t17-/m0/s1. The van der Waals surface area contributed by atoms with Crippen LogP contribution >= 0.6 is 11.6 Å². The zero-order valence-electron chi connectivity index (χ0n) is 15.0. The quantitative estimate of drug-likeness (QED) is 0.759. The molecule has 2 aromatic rings. The molecule has 1 aromatic carbocycles. The molecule has 0 saturated carbocycles. The highest BCUT2D eigenvalue weighted by Crippen LogP contribution is 2.33. The summed E-state index contributed by atoms with van der Waals surface area (Å²) in [7, 11) is 0. The number of hydrogen-bond donors (Lipinski definition) is 1. The van der Waals surface area contributed by atoms with E-state index in [2.05, 4.69) is 4.98 Å². The number of aliphatic hydroxyl groups is 1. The lowest BCUT2D eigenvalue weighted by Crippen LogP contribution is -2.34. The van der Waals surface area contributed by atoms with Gasteiger partial charge in [0.05, 0.1) is 16.7 Å². The van der Waals surface area contributed by atoms with E-state index in [1.807, 2.05) is 9.80 Å². The lowest BCUT2D eigenvalue weighted by molar-refractivity contribution is -0.137. The molecule has 28 heavy (non-hydrogen) atoms. The number of aliphatic hydroxyl groups excluding tert-OH is 1. The highest BCUT2D eigenvalue weighted by atomic mass is 35.5. The molecule has 0 aliphatic carbocycles. The molecular formula is C19H20ClF4N3O. The number of nitrogens with zero attached hydrogens (tertiary/aromatic N) is 3. The van der Waals surface area contributed by atoms with Crippen LogP contribution in [0.1, 0.15) is 23.7 Å². The molecule has 0 radical (unpaired) electrons. The van der Waals surface area contributed by atoms with Gasteiger partial charge in [0, 0.05) is 44.5 Å². The average molecular weight is 418 g/mol. The summed E-state index contributed by atoms with van der Waals surface area (Å²) in [6.07, 6.45) is -3.96. The molecular weight excluding hydrogens is 398 g/mol. The lowest BCUT2D eigenvalue weighted by Gasteiger charge is -2.25. The van der Waals surface area contributed by atoms with E-state index in [9.17, 15) is 22.7 Å². The van der Waals surface area contributed by atoms with E-state index in [4.69, 9.17) is 11.6 Å². The summed E-state index contributed by atoms with van der Waals surface area (Å²) in [6, 6.07) is 6.98. The van der Waals surface area contributed by atoms with Crippen LogP contribution in [0.4, 0.5) is 23.4 Å². The van der Waals surface area contributed by atoms with E-state index in [0.29, 0.717) is 38.4 Å². The van der Waals surface area contributed by atoms with Gasteiger partial charge in [0.25, 0.3) is 0 Å². The number of benzene rings is 1. The number of rotatable bonds is 4. The van der Waals surface area contributed by atoms with Crippen LogP contribution < -0.4 is 4.90 Å². The number of hydrogen-bond acceptors (Lipinski definition) is 4. The first kappa shape index (κ1) is 20.8. The molecule has 1 N–H and O–H groups in total. The largest absolute Gasteiger partial charge is 0.417 e. The van der Waals surface area contributed by atoms with Crippen LogP contribution in [0.25, 0.3) is 0 Å². The van der Waals surface area contributed by atoms with Gasteiger partial charge in [-0.2, -0.15) is 13.2 Å². The Morgan fingerprint density at radius 3 is 2.57 bits per heavy atom. The van der Waals surface area contributed by atoms with Gasteiger partial charge >= 0.3 is 6.18 Å². The van der Waals surface area contributed by atoms with Crippen LogP contribution in [0.15, 0.2) is 36.5 Å². The predicted molar refractivity (Wildman–Crippen MR) is 98.9 cm³/mol. The fraction of sp³-hybridized carbons (Fsp3) is 0.421. The smallest absolute Gasteiger partial charge is 0.387 e. The van der Waals surface area contributed by atoms with E-state index in [-0.39, 0.29) is 17.1 Å². The monoisotopic (exact) mass is 417 g/mol. The Kier molecular flexibility index (Phi) is 6.42. The van der Waals surface area contributed by atoms with Crippen molar-refractivity contribution < 1.29 is 22.7 Å². The number of anilines is 1. The van der Waals surface area contributed by atoms with Gasteiger partial charge in [-0.3, -0.25) is 4.90 Å². The average Bonchev–Trinajstić information content (AvgIpc) is 2.86. The van der Waals surface area contributed by atoms with E-state index >= 15 is 0 Å². The molecule has 1 atom stereocenters. The maximum absolute atomic E-state index is 13.8. The summed E-state index contributed by atoms with van der Waals surface area (Å²) in [5.74, 6) is -0.140. The Balaban J connectivity index is 1.64. The fourth-order valence-corrected chi connectivity index (χ4v) is 3.56. The second kappa shape index (κ2) is 8.63. The number of alkyl halides is 3. The first-order valence-electron chi connectivity index (χ1n) is 8.88. The molecule has 0 amide bonds. The van der Waals surface area contributed by atoms with Crippen molar-refractivity contribution in [2.45, 2.75) is 18.7 Å². The Morgan fingerprint density at radius 2 is 1.89 bits per heavy atom. The molecule has 1 aliphatic rings. The minimum Gasteiger partial charge on any atom is -0.387 e. The van der Waals surface area contributed by atoms with Crippen molar-refractivity contribution in [3.8, 4) is 0 Å². The number of β-amino-alcohol motifs (C(OH)–C–C–N with tert-alkyl or cyclic N) is 1. The van der Waals surface area contributed by atoms with E-state index in [1.54, 1.807) is 18.2 Å². The summed E-state index contributed by atoms with van der Waals surface area (Å²) < 4.78 is 52.2. The van der Waals surface area contributed by atoms with Crippen LogP contribution in [0.5, 0.6) is 0 Å². The van der Waals surface area contributed by atoms with Gasteiger partial charge in [-0.15, -0.1) is 0 Å². The minimum atomic E-state index is -4.49. The maximum Gasteiger partial charge on any atom is 0.417 e. The molecule has 1 aliphatic heterocycles. The third-order valence-electron chi connectivity index (χ3n) is 4.73. The molecule has 9 heteroatoms. The van der Waals surface area contributed by atoms with E-state index in [0.717, 1.165) is 12.3 Å². The van der Waals surface area contributed by atoms with Crippen LogP contribution in [-0.2, 0) is 6.18 Å². The number of aromatic nitrogens is 1. The molecule has 4 nitrogen and oxygen atoms in total. The van der Waals surface area contributed by atoms with Crippen molar-refractivity contribution in [1.29, 1.82) is 0 Å². The molecule has 0 spiro atoms. The van der Waals surface area contributed by atoms with Gasteiger partial charge in [-0.05, 0) is 18.6 Å². The van der Waals surface area contributed by atoms with Crippen LogP contribution in [0, 0.1) is 5.82 Å². The zero-order valence-corrected chi connectivity index (χ0v) is 15.7. The van der Waals surface area contributed by atoms with Crippen molar-refractivity contribution >= 4 is 17.4 Å². The Hall–Kier alpha value is -1.90. The Morgan fingerprint density at radius 1 is 1.14 bits per heavy atom. The fourth-order valence-electron chi connectivity index (χ4n) is 3.27. The minimum absolute atomic E-state index is 0.0466. The Bertz CT molecular complexity index is 818. The molecule has 1 saturated heterocycles. The van der Waals surface area contributed by atoms with Crippen LogP contribution in [0.3, 0.4) is 0 Å². The third kappa shape index (κ3) is 4.92. The van der Waals surface area contributed by atoms with Crippen molar-refractivity contribution in [1.82, 2.24) is 9.88 Å². The maximum atomic E-state index is 13.8. The summed E-state index contributed by atoms with van der Waals surface area (Å²) in [4.78, 5) is 7.74. The summed E-state index contributed by atoms with van der Waals surface area (Å²) in [5, 5.41) is 10.3. The topological polar surface area (TPSA) is 39.6 Å². The van der Waals surface area contributed by atoms with Crippen molar-refractivity contribution in [2.24, 2.45) is 0 Å². The van der Waals surface area contributed by atoms with Crippen LogP contribution in [0.2, 0.25) is 5.02 Å². The summed E-state index contributed by atoms with van der Waals surface area (Å²) >= 11 is 6.04. The van der Waals surface area contributed by atoms with Gasteiger partial charge in [0.15, 0.2) is 0 Å². The van der Waals surface area contributed by atoms with Crippen molar-refractivity contribution in [3.05, 3.63) is 58.5 Å². The SMILES string of the molecule is O[C@@H](CN1CCCN(c2ncc(C(F)(F)F)cc2Cl)CC1)c1ccccc1F. The van der Waals surface area contributed by atoms with Crippen LogP contribution in [-0.4, -0.2) is 47.7 Å². The third-order valence-corrected chi connectivity index (χ3v) is 5.01. The van der Waals surface area contributed by atoms with Crippen molar-refractivity contribution in [3.63, 3.8) is 0 Å². The lowest BCUT2D eigenvalue weighted by atomic mass is 10.1. The number of pyridine rings is 1. The van der Waals surface area contributed by atoms with Gasteiger partial charge in [0.2, 0.25) is 0 Å². The first-order valence-corrected chi connectivity index (χ1v) is 9.26. The van der Waals surface area contributed by atoms with E-state index < -0.39 is 23.7 Å². The number of halogens is 5. The van der Waals surface area contributed by atoms with Gasteiger partial charge in [-0.25, -0.2) is 9.37 Å². The second-order valence-corrected chi connectivity index (χ2v) is 7.11. The predicted octanol–water partition coefficient (Wildman–Crippen LogP) is 4.14. The second-order valence-electron chi connectivity index (χ2n) is 6.71. The molecule has 1 aromatic heterocycles. The molecule has 152 valence electrons. The highest BCUT2D eigenvalue weighted by Gasteiger charge is 2.32. The molecule has 0 bridgehead atoms. The molecule has 2 heterocycles. The normalized spacial score (nSPS) is 17.4. The van der Waals surface area contributed by atoms with Gasteiger partial charge in [0.1, 0.15) is 11.6 Å². The summed E-state index contributed by atoms with van der Waals surface area (Å²) in [6.45, 7) is 2.54.